The molecule has 20 rings (SSSR count). The fraction of sp³-hybridized carbons (Fsp3) is 0.197. The first-order valence-electron chi connectivity index (χ1n) is 48.1. The molecule has 0 unspecified atom stereocenters. The van der Waals surface area contributed by atoms with Gasteiger partial charge in [-0.2, -0.15) is 0 Å². The van der Waals surface area contributed by atoms with Crippen LogP contribution >= 0.6 is 0 Å². The molecule has 16 bridgehead atoms. The molecule has 6 aromatic carbocycles. The van der Waals surface area contributed by atoms with E-state index in [4.69, 9.17) is 39.9 Å². The Hall–Kier alpha value is -14.6. The molecule has 0 fully saturated rings. The maximum atomic E-state index is 6.16. The van der Waals surface area contributed by atoms with Gasteiger partial charge in [0.05, 0.1) is 45.6 Å². The molecule has 0 saturated carbocycles. The van der Waals surface area contributed by atoms with Crippen LogP contribution in [-0.2, 0) is 58.7 Å². The second kappa shape index (κ2) is 39.6. The summed E-state index contributed by atoms with van der Waals surface area (Å²) < 4.78 is 0. The van der Waals surface area contributed by atoms with E-state index in [1.165, 1.54) is 11.1 Å². The summed E-state index contributed by atoms with van der Waals surface area (Å²) in [6, 6.07) is 78.1. The predicted molar refractivity (Wildman–Crippen MR) is 568 cm³/mol. The summed E-state index contributed by atoms with van der Waals surface area (Å²) in [5.41, 5.74) is 52.1. The number of para-hydroxylation sites is 3. The summed E-state index contributed by atoms with van der Waals surface area (Å²) in [5, 5.41) is 0. The maximum absolute atomic E-state index is 6.16. The third kappa shape index (κ3) is 16.3. The number of benzene rings is 6. The van der Waals surface area contributed by atoms with Crippen molar-refractivity contribution in [1.29, 1.82) is 0 Å². The Morgan fingerprint density at radius 3 is 0.870 bits per heavy atom. The molecular weight excluding hydrogens is 1780 g/mol. The van der Waals surface area contributed by atoms with Crippen molar-refractivity contribution in [3.05, 3.63) is 369 Å². The Morgan fingerprint density at radius 2 is 0.522 bits per heavy atom. The number of aryl methyl sites for hydroxylation is 8. The van der Waals surface area contributed by atoms with Crippen molar-refractivity contribution in [3.63, 3.8) is 0 Å². The van der Waals surface area contributed by atoms with E-state index in [0.717, 1.165) is 292 Å². The van der Waals surface area contributed by atoms with Crippen molar-refractivity contribution < 1.29 is 33.0 Å². The maximum Gasteiger partial charge on any atom is 2.00 e. The minimum absolute atomic E-state index is 0. The van der Waals surface area contributed by atoms with Gasteiger partial charge in [-0.1, -0.05) is 209 Å². The molecule has 138 heavy (non-hydrogen) atoms. The number of hydrogen-bond acceptors (Lipinski definition) is 10. The fourth-order valence-electron chi connectivity index (χ4n) is 21.5. The molecule has 0 amide bonds. The van der Waals surface area contributed by atoms with Crippen molar-refractivity contribution in [2.75, 3.05) is 9.80 Å². The summed E-state index contributed by atoms with van der Waals surface area (Å²) in [6.07, 6.45) is 25.4. The first-order valence-corrected chi connectivity index (χ1v) is 48.1. The van der Waals surface area contributed by atoms with Crippen LogP contribution in [-0.4, -0.2) is 39.9 Å². The molecule has 4 aliphatic rings. The first-order chi connectivity index (χ1) is 66.5. The van der Waals surface area contributed by atoms with Crippen LogP contribution in [0.3, 0.4) is 0 Å². The van der Waals surface area contributed by atoms with Crippen molar-refractivity contribution in [1.82, 2.24) is 59.8 Å². The third-order valence-electron chi connectivity index (χ3n) is 28.4. The van der Waals surface area contributed by atoms with Crippen molar-refractivity contribution in [2.45, 2.75) is 162 Å². The molecule has 4 aliphatic heterocycles. The van der Waals surface area contributed by atoms with Crippen LogP contribution in [0.25, 0.3) is 168 Å². The zero-order chi connectivity index (χ0) is 93.8. The van der Waals surface area contributed by atoms with E-state index in [-0.39, 0.29) is 33.0 Å². The van der Waals surface area contributed by atoms with Gasteiger partial charge >= 0.3 is 33.0 Å². The van der Waals surface area contributed by atoms with Gasteiger partial charge in [0.15, 0.2) is 0 Å². The van der Waals surface area contributed by atoms with Gasteiger partial charge in [0, 0.05) is 83.7 Å². The summed E-state index contributed by atoms with van der Waals surface area (Å²) in [7, 11) is 0. The van der Waals surface area contributed by atoms with Crippen LogP contribution in [0.5, 0.6) is 0 Å². The van der Waals surface area contributed by atoms with E-state index in [1.54, 1.807) is 0 Å². The largest absolute Gasteiger partial charge is 2.00 e. The fourth-order valence-corrected chi connectivity index (χ4v) is 21.5. The third-order valence-corrected chi connectivity index (χ3v) is 28.4. The van der Waals surface area contributed by atoms with E-state index in [0.29, 0.717) is 38.5 Å². The number of hydrogen-bond donors (Lipinski definition) is 0. The number of pyridine rings is 4. The molecule has 0 atom stereocenters. The first kappa shape index (κ1) is 93.8. The zero-order valence-corrected chi connectivity index (χ0v) is 83.1. The predicted octanol–water partition coefficient (Wildman–Crippen LogP) is 31.0. The average molecular weight is 1890 g/mol. The molecule has 0 spiro atoms. The number of aromatic nitrogens is 12. The number of allylic oxidation sites excluding steroid dienone is 8. The van der Waals surface area contributed by atoms with Gasteiger partial charge in [0.1, 0.15) is 0 Å². The molecule has 14 nitrogen and oxygen atoms in total. The van der Waals surface area contributed by atoms with E-state index in [9.17, 15) is 0 Å². The summed E-state index contributed by atoms with van der Waals surface area (Å²) >= 11 is 0. The summed E-state index contributed by atoms with van der Waals surface area (Å²) in [6.45, 7) is 36.0. The SMILES string of the molecule is CCC1=C(C)c2nc1cc1[n-]c(c(C)c1CC)c(-c1ccncc1)c1nc(c(-c3ccc(N(c4ccccc4)c4ccc(-c5c6nc(c(-c7ccncc7)c7[n-]c(c(/C=C/c8ccc(N(c9ccccc9)c9ccccc9)cc8)c8nc(c(-c9ccncc9)c9[n-]c5c(CC)c9C)C(C)=C8CC)c(CC)c7C)C(C)=C6CC)cc4)cc3)c3[n-]c(c(C)c3CC)c2-c2ccncc2)C(CC)=C1C.[Ni+2].[Ni+2]. The molecule has 16 aromatic rings. The Balaban J connectivity index is 0.00000632. The monoisotopic (exact) mass is 1890 g/mol. The molecule has 0 saturated heterocycles. The van der Waals surface area contributed by atoms with Crippen LogP contribution in [0.2, 0.25) is 0 Å². The Kier molecular flexibility index (Phi) is 27.0. The average Bonchev–Trinajstić information content (AvgIpc) is 1.60. The molecular formula is C122H110N14Ni2. The van der Waals surface area contributed by atoms with Gasteiger partial charge in [-0.25, -0.2) is 19.9 Å². The van der Waals surface area contributed by atoms with Gasteiger partial charge in [-0.3, -0.25) is 19.9 Å². The van der Waals surface area contributed by atoms with E-state index in [2.05, 4.69) is 371 Å². The number of anilines is 6. The van der Waals surface area contributed by atoms with Gasteiger partial charge in [-0.15, -0.1) is 44.1 Å². The normalized spacial score (nSPS) is 12.6. The Bertz CT molecular complexity index is 7830. The molecule has 16 heteroatoms. The minimum atomic E-state index is 0. The Labute approximate surface area is 829 Å². The second-order valence-corrected chi connectivity index (χ2v) is 35.6. The second-order valence-electron chi connectivity index (χ2n) is 35.6. The van der Waals surface area contributed by atoms with Crippen LogP contribution in [0.4, 0.5) is 34.1 Å². The van der Waals surface area contributed by atoms with E-state index in [1.807, 2.05) is 49.6 Å². The van der Waals surface area contributed by atoms with Crippen LogP contribution in [0.15, 0.2) is 268 Å². The van der Waals surface area contributed by atoms with E-state index >= 15 is 0 Å². The standard InChI is InChI=1S/C122H110N14.2Ni/c1-17-92-71(9)109-103(82-54-62-123-63-55-82)113-75(13)96(21-5)119(131-113)107(120-97(22-6)76(14)114(132-120)104(83-56-64-124-65-57-83)110-72(10)93(18-2)102(128-110)70-101(92)127-109)80-43-49-90(50-44-80)136(88-38-32-27-33-39-88)91-51-45-81(46-52-91)108-121-98(23-7)77(15)115(133-121)105(84-58-66-125-67-59-84)111-73(11)94(19-3)117(129-111)100(53-42-79-40-47-89(48-41-79)135(86-34-28-25-29-35-86)87-36-30-26-31-37-87)118-95(20-4)74(12)112(130-118)106(85-60-68-126-69-61-85)116-78(16)99(24-8)122(108)134-116;;/h25-70H,17-24H2,1-16H3;;/q-4;2*+2/b53-42+,101-70?,102-70?,109-103?,110-104?,111-105?,112-106?,113-103?,114-104?,115-105?,116-106?,117-100?,118-100?,119-107?,120-107?,121-108?,122-108?;;. The molecule has 14 heterocycles. The number of fused-ring (bicyclic) bond motifs is 16. The van der Waals surface area contributed by atoms with Crippen molar-refractivity contribution in [2.24, 2.45) is 0 Å². The van der Waals surface area contributed by atoms with Gasteiger partial charge < -0.3 is 29.7 Å². The topological polar surface area (TPSA) is 166 Å². The zero-order valence-electron chi connectivity index (χ0n) is 81.1. The van der Waals surface area contributed by atoms with Crippen LogP contribution < -0.4 is 29.7 Å². The summed E-state index contributed by atoms with van der Waals surface area (Å²) in [5.74, 6) is 0. The minimum Gasteiger partial charge on any atom is -0.657 e. The Morgan fingerprint density at radius 1 is 0.246 bits per heavy atom. The molecule has 10 aromatic heterocycles. The van der Waals surface area contributed by atoms with Crippen molar-refractivity contribution in [3.8, 4) is 66.8 Å². The van der Waals surface area contributed by atoms with Gasteiger partial charge in [-0.05, 0) is 351 Å². The van der Waals surface area contributed by atoms with E-state index < -0.39 is 0 Å². The molecule has 0 N–H and O–H groups in total. The van der Waals surface area contributed by atoms with Gasteiger partial charge in [0.25, 0.3) is 0 Å². The van der Waals surface area contributed by atoms with Crippen LogP contribution in [0, 0.1) is 27.7 Å². The van der Waals surface area contributed by atoms with Crippen LogP contribution in [0.1, 0.15) is 210 Å². The molecule has 0 radical (unpaired) electrons. The smallest absolute Gasteiger partial charge is 0.657 e. The number of rotatable bonds is 22. The quantitative estimate of drug-likeness (QED) is 0.0588. The number of nitrogens with zero attached hydrogens (tertiary/aromatic N) is 14. The van der Waals surface area contributed by atoms with Crippen molar-refractivity contribution >= 4 is 135 Å². The molecule has 688 valence electrons. The van der Waals surface area contributed by atoms with Gasteiger partial charge in [0.2, 0.25) is 0 Å². The summed E-state index contributed by atoms with van der Waals surface area (Å²) in [4.78, 5) is 71.1. The molecule has 0 aliphatic carbocycles.